The maximum absolute atomic E-state index is 8.68. The van der Waals surface area contributed by atoms with Gasteiger partial charge in [-0.05, 0) is 31.5 Å². The zero-order valence-electron chi connectivity index (χ0n) is 10.1. The Morgan fingerprint density at radius 2 is 2.06 bits per heavy atom. The van der Waals surface area contributed by atoms with E-state index in [0.29, 0.717) is 5.56 Å². The van der Waals surface area contributed by atoms with Gasteiger partial charge in [-0.1, -0.05) is 12.1 Å². The Labute approximate surface area is 110 Å². The lowest BCUT2D eigenvalue weighted by Gasteiger charge is -1.94. The number of rotatable bonds is 3. The fraction of sp³-hybridized carbons (Fsp3) is 0.154. The van der Waals surface area contributed by atoms with Gasteiger partial charge in [0.1, 0.15) is 0 Å². The molecule has 1 aromatic heterocycles. The van der Waals surface area contributed by atoms with E-state index in [1.54, 1.807) is 29.7 Å². The molecule has 90 valence electrons. The molecule has 0 aliphatic rings. The second kappa shape index (κ2) is 5.43. The van der Waals surface area contributed by atoms with E-state index in [9.17, 15) is 0 Å². The molecule has 0 aliphatic carbocycles. The lowest BCUT2D eigenvalue weighted by Crippen LogP contribution is -1.90. The first-order valence-corrected chi connectivity index (χ1v) is 6.24. The van der Waals surface area contributed by atoms with E-state index >= 15 is 0 Å². The van der Waals surface area contributed by atoms with Gasteiger partial charge in [-0.25, -0.2) is 4.98 Å². The minimum Gasteiger partial charge on any atom is -0.253 e. The first-order chi connectivity index (χ1) is 8.69. The highest BCUT2D eigenvalue weighted by molar-refractivity contribution is 7.15. The maximum atomic E-state index is 8.68. The molecule has 2 rings (SSSR count). The van der Waals surface area contributed by atoms with Crippen molar-refractivity contribution in [3.8, 4) is 6.07 Å². The summed E-state index contributed by atoms with van der Waals surface area (Å²) in [7, 11) is 0. The van der Waals surface area contributed by atoms with E-state index in [-0.39, 0.29) is 0 Å². The summed E-state index contributed by atoms with van der Waals surface area (Å²) in [5.74, 6) is 0. The maximum Gasteiger partial charge on any atom is 0.203 e. The number of hydrogen-bond acceptors (Lipinski definition) is 5. The van der Waals surface area contributed by atoms with E-state index in [1.807, 2.05) is 26.0 Å². The molecule has 1 N–H and O–H groups in total. The van der Waals surface area contributed by atoms with Gasteiger partial charge in [0.25, 0.3) is 0 Å². The standard InChI is InChI=1S/C13H12N4S/c1-9-10(2)18-13(16-9)17-15-8-12-5-3-11(7-14)4-6-12/h3-6,8H,1-2H3,(H,16,17). The number of benzene rings is 1. The minimum atomic E-state index is 0.645. The number of hydrogen-bond donors (Lipinski definition) is 1. The van der Waals surface area contributed by atoms with Crippen LogP contribution in [0.2, 0.25) is 0 Å². The van der Waals surface area contributed by atoms with Crippen molar-refractivity contribution in [3.05, 3.63) is 46.0 Å². The van der Waals surface area contributed by atoms with E-state index in [0.717, 1.165) is 16.4 Å². The first-order valence-electron chi connectivity index (χ1n) is 5.42. The van der Waals surface area contributed by atoms with Gasteiger partial charge in [0.05, 0.1) is 23.5 Å². The summed E-state index contributed by atoms with van der Waals surface area (Å²) in [6.07, 6.45) is 1.70. The van der Waals surface area contributed by atoms with E-state index in [1.165, 1.54) is 4.88 Å². The zero-order chi connectivity index (χ0) is 13.0. The third-order valence-electron chi connectivity index (χ3n) is 2.44. The van der Waals surface area contributed by atoms with Gasteiger partial charge in [-0.15, -0.1) is 11.3 Å². The third-order valence-corrected chi connectivity index (χ3v) is 3.42. The molecule has 0 spiro atoms. The number of nitrogens with zero attached hydrogens (tertiary/aromatic N) is 3. The van der Waals surface area contributed by atoms with Gasteiger partial charge in [0.2, 0.25) is 5.13 Å². The van der Waals surface area contributed by atoms with Gasteiger partial charge < -0.3 is 0 Å². The summed E-state index contributed by atoms with van der Waals surface area (Å²) in [6, 6.07) is 9.30. The van der Waals surface area contributed by atoms with Crippen LogP contribution in [0.4, 0.5) is 5.13 Å². The lowest BCUT2D eigenvalue weighted by atomic mass is 10.2. The van der Waals surface area contributed by atoms with Gasteiger partial charge in [0.15, 0.2) is 0 Å². The first kappa shape index (κ1) is 12.3. The van der Waals surface area contributed by atoms with Crippen molar-refractivity contribution in [2.24, 2.45) is 5.10 Å². The molecule has 0 unspecified atom stereocenters. The average molecular weight is 256 g/mol. The SMILES string of the molecule is Cc1nc(NN=Cc2ccc(C#N)cc2)sc1C. The van der Waals surface area contributed by atoms with Crippen LogP contribution in [0.3, 0.4) is 0 Å². The summed E-state index contributed by atoms with van der Waals surface area (Å²) in [6.45, 7) is 4.00. The summed E-state index contributed by atoms with van der Waals surface area (Å²) in [5.41, 5.74) is 5.50. The summed E-state index contributed by atoms with van der Waals surface area (Å²) in [4.78, 5) is 5.51. The third kappa shape index (κ3) is 2.93. The highest BCUT2D eigenvalue weighted by Crippen LogP contribution is 2.20. The van der Waals surface area contributed by atoms with Crippen LogP contribution >= 0.6 is 11.3 Å². The van der Waals surface area contributed by atoms with Gasteiger partial charge in [-0.2, -0.15) is 10.4 Å². The van der Waals surface area contributed by atoms with Crippen molar-refractivity contribution in [1.29, 1.82) is 5.26 Å². The van der Waals surface area contributed by atoms with Gasteiger partial charge in [0, 0.05) is 4.88 Å². The van der Waals surface area contributed by atoms with Crippen LogP contribution in [0.15, 0.2) is 29.4 Å². The van der Waals surface area contributed by atoms with Crippen molar-refractivity contribution in [2.45, 2.75) is 13.8 Å². The largest absolute Gasteiger partial charge is 0.253 e. The van der Waals surface area contributed by atoms with E-state index in [2.05, 4.69) is 21.6 Å². The Bertz CT molecular complexity index is 585. The van der Waals surface area contributed by atoms with Gasteiger partial charge in [-0.3, -0.25) is 5.43 Å². The topological polar surface area (TPSA) is 61.1 Å². The smallest absolute Gasteiger partial charge is 0.203 e. The molecule has 0 bridgehead atoms. The number of nitrogens with one attached hydrogen (secondary N) is 1. The molecule has 0 amide bonds. The Kier molecular flexibility index (Phi) is 3.70. The highest BCUT2D eigenvalue weighted by atomic mass is 32.1. The Morgan fingerprint density at radius 1 is 1.33 bits per heavy atom. The number of anilines is 1. The Balaban J connectivity index is 2.00. The molecular formula is C13H12N4S. The predicted octanol–water partition coefficient (Wildman–Crippen LogP) is 3.08. The molecule has 0 atom stereocenters. The summed E-state index contributed by atoms with van der Waals surface area (Å²) < 4.78 is 0. The molecule has 1 aromatic carbocycles. The molecule has 4 nitrogen and oxygen atoms in total. The number of thiazole rings is 1. The molecule has 0 aliphatic heterocycles. The molecule has 0 saturated carbocycles. The molecule has 18 heavy (non-hydrogen) atoms. The summed E-state index contributed by atoms with van der Waals surface area (Å²) in [5, 5.41) is 13.6. The van der Waals surface area contributed by atoms with Crippen molar-refractivity contribution in [3.63, 3.8) is 0 Å². The van der Waals surface area contributed by atoms with Crippen LogP contribution in [-0.4, -0.2) is 11.2 Å². The molecule has 0 radical (unpaired) electrons. The van der Waals surface area contributed by atoms with Crippen LogP contribution in [0.5, 0.6) is 0 Å². The molecule has 2 aromatic rings. The van der Waals surface area contributed by atoms with Crippen LogP contribution in [-0.2, 0) is 0 Å². The monoisotopic (exact) mass is 256 g/mol. The second-order valence-corrected chi connectivity index (χ2v) is 4.97. The number of aryl methyl sites for hydroxylation is 2. The lowest BCUT2D eigenvalue weighted by molar-refractivity contribution is 1.20. The second-order valence-electron chi connectivity index (χ2n) is 3.76. The normalized spacial score (nSPS) is 10.5. The van der Waals surface area contributed by atoms with Crippen LogP contribution in [0.1, 0.15) is 21.7 Å². The average Bonchev–Trinajstić information content (AvgIpc) is 2.69. The van der Waals surface area contributed by atoms with E-state index < -0.39 is 0 Å². The Morgan fingerprint density at radius 3 is 2.61 bits per heavy atom. The molecule has 1 heterocycles. The van der Waals surface area contributed by atoms with Crippen molar-refractivity contribution in [1.82, 2.24) is 4.98 Å². The van der Waals surface area contributed by atoms with Crippen molar-refractivity contribution >= 4 is 22.7 Å². The van der Waals surface area contributed by atoms with Crippen LogP contribution < -0.4 is 5.43 Å². The molecule has 0 saturated heterocycles. The highest BCUT2D eigenvalue weighted by Gasteiger charge is 2.00. The fourth-order valence-electron chi connectivity index (χ4n) is 1.33. The number of aromatic nitrogens is 1. The van der Waals surface area contributed by atoms with E-state index in [4.69, 9.17) is 5.26 Å². The number of nitriles is 1. The number of hydrazone groups is 1. The minimum absolute atomic E-state index is 0.645. The quantitative estimate of drug-likeness (QED) is 0.678. The molecule has 5 heteroatoms. The summed E-state index contributed by atoms with van der Waals surface area (Å²) >= 11 is 1.58. The molecule has 0 fully saturated rings. The van der Waals surface area contributed by atoms with Crippen LogP contribution in [0.25, 0.3) is 0 Å². The molecular weight excluding hydrogens is 244 g/mol. The zero-order valence-corrected chi connectivity index (χ0v) is 11.0. The fourth-order valence-corrected chi connectivity index (χ4v) is 2.09. The van der Waals surface area contributed by atoms with Gasteiger partial charge >= 0.3 is 0 Å². The Hall–Kier alpha value is -2.19. The van der Waals surface area contributed by atoms with Crippen molar-refractivity contribution in [2.75, 3.05) is 5.43 Å². The predicted molar refractivity (Wildman–Crippen MR) is 74.0 cm³/mol. The van der Waals surface area contributed by atoms with Crippen molar-refractivity contribution < 1.29 is 0 Å². The van der Waals surface area contributed by atoms with Crippen LogP contribution in [0, 0.1) is 25.2 Å².